The minimum atomic E-state index is -0.102. The van der Waals surface area contributed by atoms with Gasteiger partial charge in [0.1, 0.15) is 6.61 Å². The summed E-state index contributed by atoms with van der Waals surface area (Å²) in [6.45, 7) is 6.23. The van der Waals surface area contributed by atoms with Gasteiger partial charge in [0.25, 0.3) is 0 Å². The molecule has 3 saturated heterocycles. The average Bonchev–Trinajstić information content (AvgIpc) is 2.63. The monoisotopic (exact) mass is 377 g/mol. The molecule has 0 aliphatic carbocycles. The third-order valence-electron chi connectivity index (χ3n) is 5.86. The molecule has 148 valence electrons. The molecule has 8 nitrogen and oxygen atoms in total. The summed E-state index contributed by atoms with van der Waals surface area (Å²) in [5, 5.41) is 19.2. The maximum absolute atomic E-state index is 12.4. The van der Waals surface area contributed by atoms with Gasteiger partial charge in [-0.2, -0.15) is 0 Å². The van der Waals surface area contributed by atoms with Crippen molar-refractivity contribution in [3.63, 3.8) is 0 Å². The van der Waals surface area contributed by atoms with E-state index in [2.05, 4.69) is 9.80 Å². The Hall–Kier alpha value is -1.87. The molecule has 1 unspecified atom stereocenters. The number of carbonyl (C=O) groups is 1. The van der Waals surface area contributed by atoms with Gasteiger partial charge in [-0.25, -0.2) is 0 Å². The van der Waals surface area contributed by atoms with Crippen LogP contribution >= 0.6 is 0 Å². The highest BCUT2D eigenvalue weighted by Gasteiger charge is 2.54. The van der Waals surface area contributed by atoms with Crippen LogP contribution < -0.4 is 0 Å². The molecule has 3 aliphatic heterocycles. The maximum Gasteiger partial charge on any atom is 0.248 e. The molecule has 0 bridgehead atoms. The molecule has 3 fully saturated rings. The van der Waals surface area contributed by atoms with E-state index in [9.17, 15) is 15.0 Å². The van der Waals surface area contributed by atoms with Crippen LogP contribution in [0.2, 0.25) is 0 Å². The van der Waals surface area contributed by atoms with Crippen LogP contribution in [-0.2, 0) is 20.8 Å². The number of fused-ring (bicyclic) bond motifs is 2. The summed E-state index contributed by atoms with van der Waals surface area (Å²) in [4.78, 5) is 19.2. The molecule has 2 N–H and O–H groups in total. The van der Waals surface area contributed by atoms with Crippen molar-refractivity contribution in [2.45, 2.75) is 18.1 Å². The highest BCUT2D eigenvalue weighted by atomic mass is 16.5. The molecular weight excluding hydrogens is 350 g/mol. The number of methoxy groups -OCH3 is 1. The summed E-state index contributed by atoms with van der Waals surface area (Å²) < 4.78 is 10.7. The molecule has 3 aliphatic rings. The third-order valence-corrected chi connectivity index (χ3v) is 5.86. The lowest BCUT2D eigenvalue weighted by atomic mass is 9.82. The van der Waals surface area contributed by atoms with Crippen molar-refractivity contribution in [1.29, 1.82) is 0 Å². The Balaban J connectivity index is 1.45. The van der Waals surface area contributed by atoms with E-state index in [1.807, 2.05) is 11.0 Å². The molecular formula is C19H27N3O5. The second-order valence-corrected chi connectivity index (χ2v) is 7.82. The van der Waals surface area contributed by atoms with Crippen molar-refractivity contribution in [2.24, 2.45) is 0 Å². The van der Waals surface area contributed by atoms with E-state index in [-0.39, 0.29) is 35.6 Å². The predicted octanol–water partition coefficient (Wildman–Crippen LogP) is -0.158. The largest absolute Gasteiger partial charge is 0.504 e. The van der Waals surface area contributed by atoms with Crippen LogP contribution in [-0.4, -0.2) is 102 Å². The number of benzene rings is 1. The number of amides is 1. The van der Waals surface area contributed by atoms with Crippen LogP contribution in [0, 0.1) is 0 Å². The molecule has 1 atom stereocenters. The lowest BCUT2D eigenvalue weighted by Gasteiger charge is -2.63. The highest BCUT2D eigenvalue weighted by Crippen LogP contribution is 2.37. The van der Waals surface area contributed by atoms with Crippen LogP contribution in [0.4, 0.5) is 0 Å². The molecule has 0 saturated carbocycles. The number of nitrogens with zero attached hydrogens (tertiary/aromatic N) is 3. The van der Waals surface area contributed by atoms with Gasteiger partial charge < -0.3 is 24.6 Å². The quantitative estimate of drug-likeness (QED) is 0.706. The number of morpholine rings is 1. The van der Waals surface area contributed by atoms with Crippen LogP contribution in [0.1, 0.15) is 5.56 Å². The summed E-state index contributed by atoms with van der Waals surface area (Å²) in [6, 6.07) is 5.18. The first-order chi connectivity index (χ1) is 13.0. The minimum Gasteiger partial charge on any atom is -0.504 e. The second-order valence-electron chi connectivity index (χ2n) is 7.82. The summed E-state index contributed by atoms with van der Waals surface area (Å²) in [5.41, 5.74) is 0.913. The third kappa shape index (κ3) is 3.50. The van der Waals surface area contributed by atoms with E-state index in [1.165, 1.54) is 6.07 Å². The SMILES string of the molecule is COCC(=O)N1CC2COCCN2C2(CN(Cc3ccc(O)c(O)c3)C2)C1. The zero-order valence-electron chi connectivity index (χ0n) is 15.6. The zero-order valence-corrected chi connectivity index (χ0v) is 15.6. The lowest BCUT2D eigenvalue weighted by Crippen LogP contribution is -2.80. The summed E-state index contributed by atoms with van der Waals surface area (Å²) in [5.74, 6) is -0.163. The topological polar surface area (TPSA) is 85.7 Å². The Morgan fingerprint density at radius 1 is 1.30 bits per heavy atom. The first kappa shape index (κ1) is 18.5. The molecule has 1 amide bonds. The Bertz CT molecular complexity index is 707. The molecule has 1 aromatic carbocycles. The first-order valence-corrected chi connectivity index (χ1v) is 9.35. The Kier molecular flexibility index (Phi) is 4.98. The van der Waals surface area contributed by atoms with Crippen LogP contribution in [0.25, 0.3) is 0 Å². The number of aromatic hydroxyl groups is 2. The number of hydrogen-bond acceptors (Lipinski definition) is 7. The zero-order chi connectivity index (χ0) is 19.0. The van der Waals surface area contributed by atoms with Gasteiger partial charge in [-0.05, 0) is 17.7 Å². The van der Waals surface area contributed by atoms with Gasteiger partial charge in [-0.3, -0.25) is 14.6 Å². The number of piperazine rings is 1. The van der Waals surface area contributed by atoms with Gasteiger partial charge in [-0.15, -0.1) is 0 Å². The number of phenolic OH excluding ortho intramolecular Hbond substituents is 2. The van der Waals surface area contributed by atoms with Gasteiger partial charge in [0, 0.05) is 46.4 Å². The number of carbonyl (C=O) groups excluding carboxylic acids is 1. The van der Waals surface area contributed by atoms with E-state index in [4.69, 9.17) is 9.47 Å². The highest BCUT2D eigenvalue weighted by molar-refractivity contribution is 5.77. The van der Waals surface area contributed by atoms with Gasteiger partial charge in [0.05, 0.1) is 24.8 Å². The van der Waals surface area contributed by atoms with Gasteiger partial charge in [-0.1, -0.05) is 6.07 Å². The molecule has 1 aromatic rings. The number of ether oxygens (including phenoxy) is 2. The van der Waals surface area contributed by atoms with Crippen molar-refractivity contribution in [1.82, 2.24) is 14.7 Å². The van der Waals surface area contributed by atoms with E-state index >= 15 is 0 Å². The summed E-state index contributed by atoms with van der Waals surface area (Å²) in [6.07, 6.45) is 0. The van der Waals surface area contributed by atoms with Gasteiger partial charge in [0.2, 0.25) is 5.91 Å². The van der Waals surface area contributed by atoms with E-state index in [0.29, 0.717) is 26.2 Å². The normalized spacial score (nSPS) is 25.2. The number of rotatable bonds is 4. The second kappa shape index (κ2) is 7.27. The fourth-order valence-corrected chi connectivity index (χ4v) is 4.71. The predicted molar refractivity (Wildman–Crippen MR) is 97.5 cm³/mol. The van der Waals surface area contributed by atoms with Gasteiger partial charge in [0.15, 0.2) is 11.5 Å². The number of phenols is 2. The smallest absolute Gasteiger partial charge is 0.248 e. The van der Waals surface area contributed by atoms with Crippen molar-refractivity contribution >= 4 is 5.91 Å². The van der Waals surface area contributed by atoms with Crippen LogP contribution in [0.3, 0.4) is 0 Å². The molecule has 4 rings (SSSR count). The Labute approximate surface area is 158 Å². The molecule has 8 heteroatoms. The molecule has 1 spiro atoms. The first-order valence-electron chi connectivity index (χ1n) is 9.35. The summed E-state index contributed by atoms with van der Waals surface area (Å²) >= 11 is 0. The molecule has 0 aromatic heterocycles. The average molecular weight is 377 g/mol. The molecule has 3 heterocycles. The lowest BCUT2D eigenvalue weighted by molar-refractivity contribution is -0.177. The van der Waals surface area contributed by atoms with Crippen LogP contribution in [0.15, 0.2) is 18.2 Å². The Morgan fingerprint density at radius 3 is 2.85 bits per heavy atom. The standard InChI is InChI=1S/C19H27N3O5/c1-26-10-18(25)21-8-15-9-27-5-4-22(15)19(13-21)11-20(12-19)7-14-2-3-16(23)17(24)6-14/h2-3,6,15,23-24H,4-5,7-13H2,1H3. The van der Waals surface area contributed by atoms with Crippen molar-refractivity contribution in [2.75, 3.05) is 59.7 Å². The van der Waals surface area contributed by atoms with E-state index < -0.39 is 0 Å². The maximum atomic E-state index is 12.4. The van der Waals surface area contributed by atoms with E-state index in [1.54, 1.807) is 13.2 Å². The van der Waals surface area contributed by atoms with E-state index in [0.717, 1.165) is 31.8 Å². The molecule has 0 radical (unpaired) electrons. The number of hydrogen-bond donors (Lipinski definition) is 2. The summed E-state index contributed by atoms with van der Waals surface area (Å²) in [7, 11) is 1.55. The van der Waals surface area contributed by atoms with Gasteiger partial charge >= 0.3 is 0 Å². The van der Waals surface area contributed by atoms with Crippen molar-refractivity contribution in [3.8, 4) is 11.5 Å². The number of likely N-dealkylation sites (tertiary alicyclic amines) is 1. The van der Waals surface area contributed by atoms with Crippen molar-refractivity contribution < 1.29 is 24.5 Å². The van der Waals surface area contributed by atoms with Crippen LogP contribution in [0.5, 0.6) is 11.5 Å². The fraction of sp³-hybridized carbons (Fsp3) is 0.632. The molecule has 27 heavy (non-hydrogen) atoms. The minimum absolute atomic E-state index is 0.0315. The Morgan fingerprint density at radius 2 is 2.11 bits per heavy atom. The fourth-order valence-electron chi connectivity index (χ4n) is 4.71. The van der Waals surface area contributed by atoms with Crippen molar-refractivity contribution in [3.05, 3.63) is 23.8 Å².